The van der Waals surface area contributed by atoms with Crippen molar-refractivity contribution in [1.82, 2.24) is 35.0 Å². The van der Waals surface area contributed by atoms with E-state index in [4.69, 9.17) is 29.2 Å². The van der Waals surface area contributed by atoms with E-state index in [1.807, 2.05) is 30.0 Å². The molecule has 0 aliphatic carbocycles. The topological polar surface area (TPSA) is 143 Å². The van der Waals surface area contributed by atoms with Crippen molar-refractivity contribution >= 4 is 45.6 Å². The summed E-state index contributed by atoms with van der Waals surface area (Å²) < 4.78 is 50.5. The number of carbonyl (C=O) groups excluding carboxylic acids is 3. The Bertz CT molecular complexity index is 2350. The van der Waals surface area contributed by atoms with Crippen LogP contribution in [0.5, 0.6) is 11.8 Å². The molecule has 6 aliphatic heterocycles. The Morgan fingerprint density at radius 1 is 1.07 bits per heavy atom. The third-order valence-electron chi connectivity index (χ3n) is 13.1. The molecule has 1 N–H and O–H groups in total. The van der Waals surface area contributed by atoms with Crippen molar-refractivity contribution in [3.05, 3.63) is 47.9 Å². The largest absolute Gasteiger partial charge is 0.461 e. The summed E-state index contributed by atoms with van der Waals surface area (Å²) in [5.74, 6) is -0.315. The average Bonchev–Trinajstić information content (AvgIpc) is 3.76. The molecule has 4 atom stereocenters. The number of nitrogens with zero attached hydrogens (tertiary/aromatic N) is 7. The van der Waals surface area contributed by atoms with Crippen LogP contribution in [0.25, 0.3) is 32.9 Å². The van der Waals surface area contributed by atoms with Crippen LogP contribution in [0.4, 0.5) is 24.2 Å². The van der Waals surface area contributed by atoms with E-state index >= 15 is 4.39 Å². The predicted octanol–water partition coefficient (Wildman–Crippen LogP) is 6.41. The number of fused-ring (bicyclic) bond motifs is 7. The number of likely N-dealkylation sites (N-methyl/N-ethyl adjacent to an activating group) is 1. The maximum Gasteiger partial charge on any atom is 0.415 e. The van der Waals surface area contributed by atoms with Crippen LogP contribution in [0, 0.1) is 5.82 Å². The van der Waals surface area contributed by atoms with E-state index in [0.717, 1.165) is 37.8 Å². The second-order valence-electron chi connectivity index (χ2n) is 17.6. The van der Waals surface area contributed by atoms with Crippen LogP contribution in [-0.2, 0) is 16.0 Å². The zero-order chi connectivity index (χ0) is 41.8. The van der Waals surface area contributed by atoms with Crippen LogP contribution >= 0.6 is 0 Å². The smallest absolute Gasteiger partial charge is 0.415 e. The molecule has 2 aromatic heterocycles. The van der Waals surface area contributed by atoms with Gasteiger partial charge >= 0.3 is 18.2 Å². The van der Waals surface area contributed by atoms with E-state index in [1.54, 1.807) is 32.4 Å². The summed E-state index contributed by atoms with van der Waals surface area (Å²) in [6, 6.07) is 8.34. The van der Waals surface area contributed by atoms with Crippen molar-refractivity contribution < 1.29 is 37.4 Å². The van der Waals surface area contributed by atoms with Gasteiger partial charge in [-0.25, -0.2) is 18.4 Å². The molecule has 6 bridgehead atoms. The molecule has 60 heavy (non-hydrogen) atoms. The van der Waals surface area contributed by atoms with Gasteiger partial charge < -0.3 is 29.3 Å². The van der Waals surface area contributed by atoms with Gasteiger partial charge in [0.25, 0.3) is 0 Å². The number of amides is 3. The Kier molecular flexibility index (Phi) is 10.6. The fourth-order valence-corrected chi connectivity index (χ4v) is 10.2. The molecule has 4 fully saturated rings. The lowest BCUT2D eigenvalue weighted by molar-refractivity contribution is -0.134. The van der Waals surface area contributed by atoms with E-state index in [2.05, 4.69) is 10.2 Å². The number of hydrogen-bond donors (Lipinski definition) is 1. The Labute approximate surface area is 347 Å². The van der Waals surface area contributed by atoms with Crippen molar-refractivity contribution in [2.45, 2.75) is 94.4 Å². The van der Waals surface area contributed by atoms with Gasteiger partial charge in [0, 0.05) is 58.5 Å². The number of benzene rings is 2. The number of ether oxygens (including phenoxy) is 3. The Hall–Kier alpha value is -5.38. The van der Waals surface area contributed by atoms with Crippen LogP contribution in [0.3, 0.4) is 0 Å². The minimum Gasteiger partial charge on any atom is -0.461 e. The lowest BCUT2D eigenvalue weighted by atomic mass is 9.91. The Morgan fingerprint density at radius 3 is 2.77 bits per heavy atom. The number of carbonyl (C=O) groups is 3. The number of piperidine rings is 2. The molecule has 2 aromatic carbocycles. The molecule has 14 nitrogen and oxygen atoms in total. The first kappa shape index (κ1) is 40.0. The summed E-state index contributed by atoms with van der Waals surface area (Å²) in [4.78, 5) is 61.6. The quantitative estimate of drug-likeness (QED) is 0.239. The predicted molar refractivity (Wildman–Crippen MR) is 220 cm³/mol. The SMILES string of the molecule is CN(C)C(=O)C1CCCCN1C(=O)Oc1cc2c3c(cccc3c1)CCCOC(=O)N[C@]1(C)CCCN(C1)c1nc(OC[C@@]34CCCN3C[C@H](F)C4)nc3c(F)c-2ncc13. The first-order valence-electron chi connectivity index (χ1n) is 21.2. The second-order valence-corrected chi connectivity index (χ2v) is 17.6. The lowest BCUT2D eigenvalue weighted by Gasteiger charge is -2.41. The molecule has 6 aliphatic rings. The van der Waals surface area contributed by atoms with Gasteiger partial charge in [-0.05, 0) is 99.7 Å². The molecule has 0 radical (unpaired) electrons. The summed E-state index contributed by atoms with van der Waals surface area (Å²) in [6.45, 7) is 4.71. The number of rotatable bonds is 5. The van der Waals surface area contributed by atoms with E-state index in [-0.39, 0.29) is 42.1 Å². The summed E-state index contributed by atoms with van der Waals surface area (Å²) in [7, 11) is 3.33. The molecule has 0 saturated carbocycles. The van der Waals surface area contributed by atoms with Gasteiger partial charge in [0.05, 0.1) is 23.1 Å². The number of alkyl carbamates (subject to hydrolysis) is 1. The standard InChI is InChI=1S/C44H52F2N8O6/c1-43-14-8-16-52(25-43)38-32-23-47-36(35(46)37(32)48-40(49-38)59-26-44-15-9-17-53(44)24-29(45)22-44)31-21-30(60-42(57)54-18-5-4-13-33(54)39(55)51(2)3)20-28-11-6-10-27(34(28)31)12-7-19-58-41(56)50-43/h6,10-11,20-21,23,29,33H,4-5,7-9,12-19,22,24-26H2,1-3H3,(H,50,56)/t29-,33?,43-,44+/m1/s1. The first-order chi connectivity index (χ1) is 28.9. The zero-order valence-corrected chi connectivity index (χ0v) is 34.5. The molecule has 4 aromatic rings. The van der Waals surface area contributed by atoms with Crippen LogP contribution in [0.15, 0.2) is 36.5 Å². The highest BCUT2D eigenvalue weighted by Crippen LogP contribution is 2.42. The van der Waals surface area contributed by atoms with Gasteiger partial charge in [-0.15, -0.1) is 0 Å². The third kappa shape index (κ3) is 7.51. The molecule has 318 valence electrons. The third-order valence-corrected chi connectivity index (χ3v) is 13.1. The number of alkyl halides is 1. The van der Waals surface area contributed by atoms with Gasteiger partial charge in [-0.2, -0.15) is 9.97 Å². The molecule has 4 saturated heterocycles. The van der Waals surface area contributed by atoms with Crippen LogP contribution < -0.4 is 19.7 Å². The molecular weight excluding hydrogens is 775 g/mol. The number of likely N-dealkylation sites (tertiary alicyclic amines) is 1. The van der Waals surface area contributed by atoms with Crippen LogP contribution in [0.1, 0.15) is 70.3 Å². The summed E-state index contributed by atoms with van der Waals surface area (Å²) in [6.07, 6.45) is 5.95. The number of aryl methyl sites for hydroxylation is 1. The van der Waals surface area contributed by atoms with Crippen molar-refractivity contribution in [1.29, 1.82) is 0 Å². The highest BCUT2D eigenvalue weighted by molar-refractivity contribution is 6.02. The molecule has 8 heterocycles. The van der Waals surface area contributed by atoms with Gasteiger partial charge in [-0.1, -0.05) is 18.2 Å². The van der Waals surface area contributed by atoms with Crippen LogP contribution in [0.2, 0.25) is 0 Å². The van der Waals surface area contributed by atoms with E-state index in [9.17, 15) is 18.8 Å². The number of nitrogens with one attached hydrogen (secondary N) is 1. The maximum absolute atomic E-state index is 17.7. The Balaban J connectivity index is 1.17. The van der Waals surface area contributed by atoms with Crippen LogP contribution in [-0.4, -0.2) is 131 Å². The average molecular weight is 827 g/mol. The number of aromatic nitrogens is 3. The fraction of sp³-hybridized carbons (Fsp3) is 0.545. The summed E-state index contributed by atoms with van der Waals surface area (Å²) >= 11 is 0. The van der Waals surface area contributed by atoms with Crippen molar-refractivity contribution in [2.24, 2.45) is 0 Å². The molecule has 3 amide bonds. The number of pyridine rings is 1. The second kappa shape index (κ2) is 15.9. The molecule has 0 spiro atoms. The normalized spacial score (nSPS) is 25.9. The molecule has 10 rings (SSSR count). The fourth-order valence-electron chi connectivity index (χ4n) is 10.2. The van der Waals surface area contributed by atoms with Crippen molar-refractivity contribution in [3.63, 3.8) is 0 Å². The zero-order valence-electron chi connectivity index (χ0n) is 34.5. The maximum atomic E-state index is 17.7. The molecule has 1 unspecified atom stereocenters. The Morgan fingerprint density at radius 2 is 1.92 bits per heavy atom. The van der Waals surface area contributed by atoms with Gasteiger partial charge in [0.2, 0.25) is 5.91 Å². The summed E-state index contributed by atoms with van der Waals surface area (Å²) in [5, 5.41) is 4.81. The first-order valence-corrected chi connectivity index (χ1v) is 21.2. The number of anilines is 1. The minimum atomic E-state index is -0.953. The minimum absolute atomic E-state index is 0.00841. The van der Waals surface area contributed by atoms with Crippen molar-refractivity contribution in [3.8, 4) is 23.0 Å². The monoisotopic (exact) mass is 826 g/mol. The van der Waals surface area contributed by atoms with E-state index in [0.29, 0.717) is 92.2 Å². The molecular formula is C44H52F2N8O6. The van der Waals surface area contributed by atoms with Gasteiger partial charge in [0.1, 0.15) is 41.6 Å². The lowest BCUT2D eigenvalue weighted by Crippen LogP contribution is -2.57. The number of hydrogen-bond acceptors (Lipinski definition) is 11. The van der Waals surface area contributed by atoms with E-state index in [1.165, 1.54) is 9.80 Å². The summed E-state index contributed by atoms with van der Waals surface area (Å²) in [5.41, 5.74) is 0.0471. The highest BCUT2D eigenvalue weighted by Gasteiger charge is 2.49. The highest BCUT2D eigenvalue weighted by atomic mass is 19.1. The number of halogens is 2. The van der Waals surface area contributed by atoms with Gasteiger partial charge in [-0.3, -0.25) is 19.6 Å². The van der Waals surface area contributed by atoms with Gasteiger partial charge in [0.15, 0.2) is 5.82 Å². The van der Waals surface area contributed by atoms with E-state index < -0.39 is 41.3 Å². The van der Waals surface area contributed by atoms with Crippen molar-refractivity contribution in [2.75, 3.05) is 64.9 Å². The molecule has 16 heteroatoms.